The van der Waals surface area contributed by atoms with Crippen molar-refractivity contribution in [2.75, 3.05) is 18.0 Å². The van der Waals surface area contributed by atoms with Gasteiger partial charge in [0.15, 0.2) is 0 Å². The Kier molecular flexibility index (Phi) is 4.01. The molecule has 0 aliphatic carbocycles. The number of aryl methyl sites for hydroxylation is 1. The lowest BCUT2D eigenvalue weighted by atomic mass is 10.1. The Balaban J connectivity index is 1.55. The molecule has 4 aromatic rings. The van der Waals surface area contributed by atoms with Gasteiger partial charge < -0.3 is 10.6 Å². The average molecular weight is 375 g/mol. The second-order valence-electron chi connectivity index (χ2n) is 7.18. The molecular formula is C19H21N9. The summed E-state index contributed by atoms with van der Waals surface area (Å²) in [6, 6.07) is 4.07. The van der Waals surface area contributed by atoms with E-state index in [9.17, 15) is 0 Å². The van der Waals surface area contributed by atoms with Crippen LogP contribution in [0.15, 0.2) is 36.9 Å². The van der Waals surface area contributed by atoms with Crippen LogP contribution in [0.25, 0.3) is 33.5 Å². The third kappa shape index (κ3) is 2.99. The van der Waals surface area contributed by atoms with Crippen LogP contribution in [0.4, 0.5) is 5.95 Å². The van der Waals surface area contributed by atoms with Gasteiger partial charge in [0.05, 0.1) is 29.3 Å². The van der Waals surface area contributed by atoms with E-state index >= 15 is 0 Å². The lowest BCUT2D eigenvalue weighted by molar-refractivity contribution is 0.500. The number of pyridine rings is 1. The number of rotatable bonds is 3. The molecular weight excluding hydrogens is 354 g/mol. The van der Waals surface area contributed by atoms with E-state index in [0.29, 0.717) is 5.95 Å². The Hall–Kier alpha value is -3.33. The van der Waals surface area contributed by atoms with Crippen molar-refractivity contribution in [2.45, 2.75) is 18.9 Å². The molecule has 0 unspecified atom stereocenters. The fourth-order valence-corrected chi connectivity index (χ4v) is 3.65. The molecule has 1 aliphatic heterocycles. The van der Waals surface area contributed by atoms with Crippen LogP contribution in [0.3, 0.4) is 0 Å². The predicted octanol–water partition coefficient (Wildman–Crippen LogP) is 1.74. The Morgan fingerprint density at radius 3 is 2.96 bits per heavy atom. The second kappa shape index (κ2) is 6.68. The number of nitrogens with two attached hydrogens (primary N) is 1. The molecule has 1 saturated heterocycles. The molecule has 0 radical (unpaired) electrons. The normalized spacial score (nSPS) is 17.4. The van der Waals surface area contributed by atoms with Gasteiger partial charge in [-0.1, -0.05) is 0 Å². The van der Waals surface area contributed by atoms with Crippen LogP contribution in [0.2, 0.25) is 0 Å². The first-order chi connectivity index (χ1) is 13.7. The molecule has 3 N–H and O–H groups in total. The van der Waals surface area contributed by atoms with Crippen molar-refractivity contribution in [2.24, 2.45) is 12.8 Å². The monoisotopic (exact) mass is 375 g/mol. The van der Waals surface area contributed by atoms with Crippen LogP contribution >= 0.6 is 0 Å². The van der Waals surface area contributed by atoms with E-state index in [0.717, 1.165) is 59.5 Å². The fourth-order valence-electron chi connectivity index (χ4n) is 3.65. The minimum absolute atomic E-state index is 0.167. The Morgan fingerprint density at radius 1 is 1.21 bits per heavy atom. The quantitative estimate of drug-likeness (QED) is 0.560. The first-order valence-electron chi connectivity index (χ1n) is 9.34. The topological polar surface area (TPSA) is 114 Å². The molecule has 0 aromatic carbocycles. The highest BCUT2D eigenvalue weighted by molar-refractivity contribution is 5.93. The highest BCUT2D eigenvalue weighted by Gasteiger charge is 2.20. The summed E-state index contributed by atoms with van der Waals surface area (Å²) in [6.07, 6.45) is 9.42. The second-order valence-corrected chi connectivity index (χ2v) is 7.18. The van der Waals surface area contributed by atoms with Gasteiger partial charge in [-0.15, -0.1) is 0 Å². The highest BCUT2D eigenvalue weighted by atomic mass is 15.3. The SMILES string of the molecule is Cn1cc(-c2cc3c(-c4ccnc(N5CCC[C@@H](N)C5)n4)n[nH]c3cn2)cn1. The maximum Gasteiger partial charge on any atom is 0.225 e. The van der Waals surface area contributed by atoms with Crippen molar-refractivity contribution < 1.29 is 0 Å². The van der Waals surface area contributed by atoms with Crippen LogP contribution in [0.5, 0.6) is 0 Å². The number of nitrogens with one attached hydrogen (secondary N) is 1. The van der Waals surface area contributed by atoms with E-state index in [4.69, 9.17) is 10.7 Å². The summed E-state index contributed by atoms with van der Waals surface area (Å²) in [4.78, 5) is 15.9. The molecule has 0 bridgehead atoms. The molecule has 4 aromatic heterocycles. The van der Waals surface area contributed by atoms with Gasteiger partial charge in [-0.2, -0.15) is 10.2 Å². The molecule has 1 atom stereocenters. The van der Waals surface area contributed by atoms with E-state index in [-0.39, 0.29) is 6.04 Å². The van der Waals surface area contributed by atoms with Crippen molar-refractivity contribution in [1.29, 1.82) is 0 Å². The maximum atomic E-state index is 6.11. The smallest absolute Gasteiger partial charge is 0.225 e. The molecule has 5 heterocycles. The Bertz CT molecular complexity index is 1130. The van der Waals surface area contributed by atoms with Crippen molar-refractivity contribution >= 4 is 16.9 Å². The number of nitrogens with zero attached hydrogens (tertiary/aromatic N) is 7. The van der Waals surface area contributed by atoms with Gasteiger partial charge in [0, 0.05) is 49.5 Å². The first-order valence-corrected chi connectivity index (χ1v) is 9.34. The number of piperidine rings is 1. The summed E-state index contributed by atoms with van der Waals surface area (Å²) >= 11 is 0. The molecule has 142 valence electrons. The molecule has 1 fully saturated rings. The summed E-state index contributed by atoms with van der Waals surface area (Å²) < 4.78 is 1.76. The number of aromatic amines is 1. The van der Waals surface area contributed by atoms with E-state index < -0.39 is 0 Å². The third-order valence-electron chi connectivity index (χ3n) is 5.07. The summed E-state index contributed by atoms with van der Waals surface area (Å²) in [5.74, 6) is 0.699. The van der Waals surface area contributed by atoms with E-state index in [2.05, 4.69) is 30.2 Å². The van der Waals surface area contributed by atoms with E-state index in [1.807, 2.05) is 25.4 Å². The number of H-pyrrole nitrogens is 1. The van der Waals surface area contributed by atoms with Crippen molar-refractivity contribution in [1.82, 2.24) is 34.9 Å². The van der Waals surface area contributed by atoms with Crippen LogP contribution in [0.1, 0.15) is 12.8 Å². The summed E-state index contributed by atoms with van der Waals surface area (Å²) in [6.45, 7) is 1.70. The first kappa shape index (κ1) is 16.8. The molecule has 0 saturated carbocycles. The van der Waals surface area contributed by atoms with Crippen molar-refractivity contribution in [3.8, 4) is 22.6 Å². The van der Waals surface area contributed by atoms with Gasteiger partial charge >= 0.3 is 0 Å². The number of hydrogen-bond donors (Lipinski definition) is 2. The van der Waals surface area contributed by atoms with E-state index in [1.54, 1.807) is 23.3 Å². The summed E-state index contributed by atoms with van der Waals surface area (Å²) in [7, 11) is 1.89. The number of hydrogen-bond acceptors (Lipinski definition) is 7. The van der Waals surface area contributed by atoms with E-state index in [1.165, 1.54) is 0 Å². The summed E-state index contributed by atoms with van der Waals surface area (Å²) in [5, 5.41) is 12.7. The third-order valence-corrected chi connectivity index (χ3v) is 5.07. The van der Waals surface area contributed by atoms with Crippen LogP contribution < -0.4 is 10.6 Å². The molecule has 9 heteroatoms. The lowest BCUT2D eigenvalue weighted by Crippen LogP contribution is -2.43. The average Bonchev–Trinajstić information content (AvgIpc) is 3.34. The number of fused-ring (bicyclic) bond motifs is 1. The summed E-state index contributed by atoms with van der Waals surface area (Å²) in [5.41, 5.74) is 10.3. The standard InChI is InChI=1S/C19H21N9/c1-27-10-12(8-23-27)16-7-14-17(9-22-16)25-26-18(14)15-4-5-21-19(24-15)28-6-2-3-13(20)11-28/h4-5,7-10,13H,2-3,6,11,20H2,1H3,(H,25,26)/t13-/m1/s1. The molecule has 9 nitrogen and oxygen atoms in total. The lowest BCUT2D eigenvalue weighted by Gasteiger charge is -2.30. The van der Waals surface area contributed by atoms with Gasteiger partial charge in [0.25, 0.3) is 0 Å². The van der Waals surface area contributed by atoms with Gasteiger partial charge in [0.1, 0.15) is 5.69 Å². The molecule has 0 spiro atoms. The van der Waals surface area contributed by atoms with Gasteiger partial charge in [-0.05, 0) is 25.0 Å². The minimum atomic E-state index is 0.167. The predicted molar refractivity (Wildman–Crippen MR) is 107 cm³/mol. The van der Waals surface area contributed by atoms with Crippen LogP contribution in [-0.4, -0.2) is 54.1 Å². The van der Waals surface area contributed by atoms with Crippen molar-refractivity contribution in [3.05, 3.63) is 36.9 Å². The maximum absolute atomic E-state index is 6.11. The molecule has 5 rings (SSSR count). The molecule has 0 amide bonds. The van der Waals surface area contributed by atoms with Crippen molar-refractivity contribution in [3.63, 3.8) is 0 Å². The largest absolute Gasteiger partial charge is 0.339 e. The zero-order valence-electron chi connectivity index (χ0n) is 15.6. The molecule has 1 aliphatic rings. The number of aromatic nitrogens is 7. The minimum Gasteiger partial charge on any atom is -0.339 e. The molecule has 28 heavy (non-hydrogen) atoms. The van der Waals surface area contributed by atoms with Gasteiger partial charge in [-0.25, -0.2) is 9.97 Å². The van der Waals surface area contributed by atoms with Crippen LogP contribution in [0, 0.1) is 0 Å². The Morgan fingerprint density at radius 2 is 2.14 bits per heavy atom. The van der Waals surface area contributed by atoms with Crippen LogP contribution in [-0.2, 0) is 7.05 Å². The zero-order chi connectivity index (χ0) is 19.1. The number of anilines is 1. The zero-order valence-corrected chi connectivity index (χ0v) is 15.6. The van der Waals surface area contributed by atoms with Gasteiger partial charge in [0.2, 0.25) is 5.95 Å². The van der Waals surface area contributed by atoms with Gasteiger partial charge in [-0.3, -0.25) is 14.8 Å². The fraction of sp³-hybridized carbons (Fsp3) is 0.316. The Labute approximate surface area is 161 Å². The highest BCUT2D eigenvalue weighted by Crippen LogP contribution is 2.29.